The van der Waals surface area contributed by atoms with Crippen molar-refractivity contribution in [2.75, 3.05) is 12.3 Å². The topological polar surface area (TPSA) is 130 Å². The summed E-state index contributed by atoms with van der Waals surface area (Å²) in [5, 5.41) is 18.8. The first kappa shape index (κ1) is 13.9. The third kappa shape index (κ3) is 1.99. The Bertz CT molecular complexity index is 744. The summed E-state index contributed by atoms with van der Waals surface area (Å²) in [4.78, 5) is 18.2. The Kier molecular flexibility index (Phi) is 3.15. The molecule has 21 heavy (non-hydrogen) atoms. The van der Waals surface area contributed by atoms with Gasteiger partial charge in [0.05, 0.1) is 13.7 Å². The largest absolute Gasteiger partial charge is 0.394 e. The van der Waals surface area contributed by atoms with Crippen LogP contribution in [0.3, 0.4) is 0 Å². The number of nitrogens with one attached hydrogen (secondary N) is 1. The van der Waals surface area contributed by atoms with Crippen molar-refractivity contribution in [1.82, 2.24) is 14.5 Å². The molecule has 5 N–H and O–H groups in total. The molecule has 9 nitrogen and oxygen atoms in total. The molecule has 2 aromatic rings. The molecular formula is C11H15FN5O4+. The monoisotopic (exact) mass is 300 g/mol. The number of hydrogen-bond acceptors (Lipinski definition) is 6. The van der Waals surface area contributed by atoms with Gasteiger partial charge in [0.15, 0.2) is 12.5 Å². The fourth-order valence-corrected chi connectivity index (χ4v) is 2.53. The number of imidazole rings is 1. The molecule has 10 heteroatoms. The van der Waals surface area contributed by atoms with Gasteiger partial charge in [0.2, 0.25) is 11.7 Å². The van der Waals surface area contributed by atoms with E-state index in [1.54, 1.807) is 7.05 Å². The lowest BCUT2D eigenvalue weighted by Crippen LogP contribution is -2.44. The van der Waals surface area contributed by atoms with Gasteiger partial charge in [-0.1, -0.05) is 4.98 Å². The van der Waals surface area contributed by atoms with Gasteiger partial charge in [-0.25, -0.2) is 8.96 Å². The number of halogens is 1. The number of nitrogens with zero attached hydrogens (tertiary/aromatic N) is 3. The summed E-state index contributed by atoms with van der Waals surface area (Å²) in [6.45, 7) is -0.514. The lowest BCUT2D eigenvalue weighted by Gasteiger charge is -2.10. The summed E-state index contributed by atoms with van der Waals surface area (Å²) >= 11 is 0. The summed E-state index contributed by atoms with van der Waals surface area (Å²) in [6.07, 6.45) is -4.03. The molecule has 1 aliphatic rings. The van der Waals surface area contributed by atoms with Crippen molar-refractivity contribution >= 4 is 17.1 Å². The molecule has 3 heterocycles. The molecule has 0 aliphatic carbocycles. The van der Waals surface area contributed by atoms with Gasteiger partial charge in [0.25, 0.3) is 11.5 Å². The number of alkyl halides is 1. The average molecular weight is 300 g/mol. The van der Waals surface area contributed by atoms with Gasteiger partial charge in [-0.15, -0.1) is 0 Å². The predicted molar refractivity (Wildman–Crippen MR) is 67.8 cm³/mol. The van der Waals surface area contributed by atoms with E-state index in [-0.39, 0.29) is 17.1 Å². The number of aromatic nitrogens is 4. The van der Waals surface area contributed by atoms with Gasteiger partial charge >= 0.3 is 5.65 Å². The first-order valence-corrected chi connectivity index (χ1v) is 6.28. The molecule has 0 radical (unpaired) electrons. The molecular weight excluding hydrogens is 285 g/mol. The van der Waals surface area contributed by atoms with Crippen molar-refractivity contribution in [3.8, 4) is 0 Å². The number of H-pyrrole nitrogens is 1. The summed E-state index contributed by atoms with van der Waals surface area (Å²) < 4.78 is 22.2. The molecule has 114 valence electrons. The Morgan fingerprint density at radius 3 is 3.00 bits per heavy atom. The number of aryl methyl sites for hydroxylation is 1. The number of anilines is 1. The smallest absolute Gasteiger partial charge is 0.313 e. The number of aliphatic hydroxyl groups excluding tert-OH is 2. The predicted octanol–water partition coefficient (Wildman–Crippen LogP) is -2.28. The molecule has 0 saturated carbocycles. The zero-order valence-electron chi connectivity index (χ0n) is 11.1. The summed E-state index contributed by atoms with van der Waals surface area (Å²) in [7, 11) is 1.59. The number of aromatic amines is 1. The second kappa shape index (κ2) is 4.76. The van der Waals surface area contributed by atoms with Crippen LogP contribution in [0.2, 0.25) is 0 Å². The third-order valence-corrected chi connectivity index (χ3v) is 3.54. The fraction of sp³-hybridized carbons (Fsp3) is 0.545. The molecule has 0 bridgehead atoms. The summed E-state index contributed by atoms with van der Waals surface area (Å²) in [5.74, 6) is -0.111. The third-order valence-electron chi connectivity index (χ3n) is 3.54. The van der Waals surface area contributed by atoms with Crippen LogP contribution in [0.5, 0.6) is 0 Å². The Morgan fingerprint density at radius 1 is 1.67 bits per heavy atom. The van der Waals surface area contributed by atoms with E-state index in [0.717, 1.165) is 0 Å². The van der Waals surface area contributed by atoms with E-state index in [0.29, 0.717) is 0 Å². The first-order valence-electron chi connectivity index (χ1n) is 6.28. The summed E-state index contributed by atoms with van der Waals surface area (Å²) in [5.41, 5.74) is 5.37. The van der Waals surface area contributed by atoms with Gasteiger partial charge in [0.1, 0.15) is 12.2 Å². The van der Waals surface area contributed by atoms with Crippen LogP contribution in [-0.4, -0.2) is 49.7 Å². The number of fused-ring (bicyclic) bond motifs is 1. The standard InChI is InChI=1S/C11H14FN5O4/c1-16-3-17(8-6(16)9(20)15-11(13)14-8)10-5(12)7(19)4(2-18)21-10/h3-5,7,10,18-19H,2H2,1H3,(H2-,13,14,15,20)/p+1/t4-,5-,7-,10-/m1/s1. The SMILES string of the molecule is Cn1c[n+]([C@@H]2O[C@H](CO)[C@@H](O)[C@H]2F)c2nc(N)[nH]c(=O)c21. The van der Waals surface area contributed by atoms with Crippen molar-refractivity contribution in [1.29, 1.82) is 0 Å². The van der Waals surface area contributed by atoms with Gasteiger partial charge in [-0.3, -0.25) is 14.3 Å². The van der Waals surface area contributed by atoms with Gasteiger partial charge < -0.3 is 20.7 Å². The number of rotatable bonds is 2. The highest BCUT2D eigenvalue weighted by Crippen LogP contribution is 2.28. The Hall–Kier alpha value is -2.04. The van der Waals surface area contributed by atoms with Crippen LogP contribution in [0.25, 0.3) is 11.2 Å². The van der Waals surface area contributed by atoms with Crippen LogP contribution >= 0.6 is 0 Å². The maximum atomic E-state index is 14.2. The molecule has 0 aromatic carbocycles. The second-order valence-corrected chi connectivity index (χ2v) is 4.94. The number of nitrogen functional groups attached to an aromatic ring is 1. The minimum Gasteiger partial charge on any atom is -0.394 e. The normalized spacial score (nSPS) is 29.3. The van der Waals surface area contributed by atoms with Crippen molar-refractivity contribution in [2.24, 2.45) is 7.05 Å². The lowest BCUT2D eigenvalue weighted by atomic mass is 10.1. The Balaban J connectivity index is 2.16. The quantitative estimate of drug-likeness (QED) is 0.462. The molecule has 0 unspecified atom stereocenters. The number of ether oxygens (including phenoxy) is 1. The van der Waals surface area contributed by atoms with Crippen LogP contribution in [-0.2, 0) is 11.8 Å². The highest BCUT2D eigenvalue weighted by Gasteiger charge is 2.48. The van der Waals surface area contributed by atoms with Crippen LogP contribution < -0.4 is 15.9 Å². The first-order chi connectivity index (χ1) is 9.93. The van der Waals surface area contributed by atoms with Crippen molar-refractivity contribution < 1.29 is 23.9 Å². The van der Waals surface area contributed by atoms with Crippen LogP contribution in [0.15, 0.2) is 11.1 Å². The van der Waals surface area contributed by atoms with Crippen LogP contribution in [0, 0.1) is 0 Å². The maximum absolute atomic E-state index is 14.2. The second-order valence-electron chi connectivity index (χ2n) is 4.94. The van der Waals surface area contributed by atoms with E-state index in [1.165, 1.54) is 15.5 Å². The van der Waals surface area contributed by atoms with Crippen molar-refractivity contribution in [3.63, 3.8) is 0 Å². The molecule has 0 amide bonds. The molecule has 1 saturated heterocycles. The molecule has 0 spiro atoms. The zero-order valence-corrected chi connectivity index (χ0v) is 11.1. The van der Waals surface area contributed by atoms with Gasteiger partial charge in [-0.05, 0) is 0 Å². The van der Waals surface area contributed by atoms with Gasteiger partial charge in [0, 0.05) is 0 Å². The van der Waals surface area contributed by atoms with Crippen LogP contribution in [0.4, 0.5) is 10.3 Å². The van der Waals surface area contributed by atoms with E-state index < -0.39 is 36.8 Å². The lowest BCUT2D eigenvalue weighted by molar-refractivity contribution is -0.744. The summed E-state index contributed by atoms with van der Waals surface area (Å²) in [6, 6.07) is 0. The zero-order chi connectivity index (χ0) is 15.3. The van der Waals surface area contributed by atoms with Crippen LogP contribution in [0.1, 0.15) is 6.23 Å². The Labute approximate surface area is 117 Å². The molecule has 1 aliphatic heterocycles. The Morgan fingerprint density at radius 2 is 2.38 bits per heavy atom. The van der Waals surface area contributed by atoms with Crippen molar-refractivity contribution in [2.45, 2.75) is 24.6 Å². The highest BCUT2D eigenvalue weighted by atomic mass is 19.1. The highest BCUT2D eigenvalue weighted by molar-refractivity contribution is 5.67. The van der Waals surface area contributed by atoms with Gasteiger partial charge in [-0.2, -0.15) is 0 Å². The number of nitrogens with two attached hydrogens (primary N) is 1. The fourth-order valence-electron chi connectivity index (χ4n) is 2.53. The average Bonchev–Trinajstić information content (AvgIpc) is 2.89. The van der Waals surface area contributed by atoms with E-state index >= 15 is 0 Å². The number of aliphatic hydroxyl groups is 2. The number of hydrogen-bond donors (Lipinski definition) is 4. The molecule has 3 rings (SSSR count). The van der Waals surface area contributed by atoms with E-state index in [1.807, 2.05) is 0 Å². The van der Waals surface area contributed by atoms with E-state index in [9.17, 15) is 14.3 Å². The molecule has 2 aromatic heterocycles. The molecule has 1 fully saturated rings. The molecule has 4 atom stereocenters. The minimum atomic E-state index is -1.76. The van der Waals surface area contributed by atoms with E-state index in [2.05, 4.69) is 9.97 Å². The van der Waals surface area contributed by atoms with Crippen molar-refractivity contribution in [3.05, 3.63) is 16.7 Å². The minimum absolute atomic E-state index is 0.111. The maximum Gasteiger partial charge on any atom is 0.313 e. The van der Waals surface area contributed by atoms with E-state index in [4.69, 9.17) is 15.6 Å².